The van der Waals surface area contributed by atoms with Crippen molar-refractivity contribution in [3.8, 4) is 5.75 Å². The standard InChI is InChI=1S/C18H17N3O3/c1-12-7-3-6-10-16(12)24-11-17(22)20-21-13(2)19-15-9-5-4-8-14(15)18(21)23/h3-10H,11H2,1-2H3,(H,20,22). The van der Waals surface area contributed by atoms with Crippen molar-refractivity contribution in [1.29, 1.82) is 0 Å². The van der Waals surface area contributed by atoms with Gasteiger partial charge in [-0.3, -0.25) is 15.0 Å². The molecule has 3 aromatic rings. The Morgan fingerprint density at radius 1 is 1.12 bits per heavy atom. The van der Waals surface area contributed by atoms with E-state index in [1.807, 2.05) is 31.2 Å². The quantitative estimate of drug-likeness (QED) is 0.798. The molecule has 0 radical (unpaired) electrons. The molecular weight excluding hydrogens is 306 g/mol. The van der Waals surface area contributed by atoms with Crippen LogP contribution in [0.4, 0.5) is 0 Å². The highest BCUT2D eigenvalue weighted by Crippen LogP contribution is 2.15. The molecule has 0 saturated heterocycles. The van der Waals surface area contributed by atoms with Crippen molar-refractivity contribution in [2.24, 2.45) is 0 Å². The molecule has 6 nitrogen and oxygen atoms in total. The van der Waals surface area contributed by atoms with Gasteiger partial charge in [-0.15, -0.1) is 0 Å². The monoisotopic (exact) mass is 323 g/mol. The molecular formula is C18H17N3O3. The van der Waals surface area contributed by atoms with E-state index in [2.05, 4.69) is 10.4 Å². The highest BCUT2D eigenvalue weighted by molar-refractivity contribution is 5.86. The van der Waals surface area contributed by atoms with Crippen LogP contribution in [0, 0.1) is 13.8 Å². The summed E-state index contributed by atoms with van der Waals surface area (Å²) in [4.78, 5) is 28.9. The highest BCUT2D eigenvalue weighted by atomic mass is 16.5. The molecule has 1 amide bonds. The number of carbonyl (C=O) groups is 1. The maximum atomic E-state index is 12.5. The highest BCUT2D eigenvalue weighted by Gasteiger charge is 2.11. The van der Waals surface area contributed by atoms with E-state index in [4.69, 9.17) is 4.74 Å². The summed E-state index contributed by atoms with van der Waals surface area (Å²) >= 11 is 0. The van der Waals surface area contributed by atoms with Crippen molar-refractivity contribution in [2.75, 3.05) is 12.0 Å². The number of fused-ring (bicyclic) bond motifs is 1. The van der Waals surface area contributed by atoms with Gasteiger partial charge in [0.15, 0.2) is 6.61 Å². The number of nitrogens with one attached hydrogen (secondary N) is 1. The van der Waals surface area contributed by atoms with Gasteiger partial charge in [-0.2, -0.15) is 0 Å². The van der Waals surface area contributed by atoms with Gasteiger partial charge in [-0.25, -0.2) is 9.66 Å². The third-order valence-corrected chi connectivity index (χ3v) is 3.63. The molecule has 0 aliphatic rings. The number of nitrogens with zero attached hydrogens (tertiary/aromatic N) is 2. The largest absolute Gasteiger partial charge is 0.483 e. The Morgan fingerprint density at radius 3 is 2.62 bits per heavy atom. The zero-order valence-corrected chi connectivity index (χ0v) is 13.4. The summed E-state index contributed by atoms with van der Waals surface area (Å²) in [5.41, 5.74) is 3.76. The van der Waals surface area contributed by atoms with Crippen LogP contribution in [-0.2, 0) is 4.79 Å². The average Bonchev–Trinajstić information content (AvgIpc) is 2.58. The Balaban J connectivity index is 1.78. The van der Waals surface area contributed by atoms with E-state index >= 15 is 0 Å². The van der Waals surface area contributed by atoms with Crippen LogP contribution in [0.15, 0.2) is 53.3 Å². The van der Waals surface area contributed by atoms with E-state index in [-0.39, 0.29) is 12.2 Å². The van der Waals surface area contributed by atoms with Crippen LogP contribution >= 0.6 is 0 Å². The fraction of sp³-hybridized carbons (Fsp3) is 0.167. The maximum absolute atomic E-state index is 12.5. The van der Waals surface area contributed by atoms with E-state index in [1.54, 1.807) is 31.2 Å². The minimum Gasteiger partial charge on any atom is -0.483 e. The third-order valence-electron chi connectivity index (χ3n) is 3.63. The van der Waals surface area contributed by atoms with Crippen molar-refractivity contribution >= 4 is 16.8 Å². The number of rotatable bonds is 4. The van der Waals surface area contributed by atoms with E-state index < -0.39 is 5.91 Å². The van der Waals surface area contributed by atoms with E-state index in [9.17, 15) is 9.59 Å². The van der Waals surface area contributed by atoms with Gasteiger partial charge in [0.25, 0.3) is 11.5 Å². The molecule has 0 aliphatic heterocycles. The van der Waals surface area contributed by atoms with Crippen LogP contribution in [0.5, 0.6) is 5.75 Å². The van der Waals surface area contributed by atoms with E-state index in [0.29, 0.717) is 22.5 Å². The first-order chi connectivity index (χ1) is 11.6. The lowest BCUT2D eigenvalue weighted by Gasteiger charge is -2.13. The maximum Gasteiger partial charge on any atom is 0.280 e. The van der Waals surface area contributed by atoms with Gasteiger partial charge in [0.05, 0.1) is 10.9 Å². The lowest BCUT2D eigenvalue weighted by molar-refractivity contribution is -0.119. The van der Waals surface area contributed by atoms with Crippen LogP contribution in [0.25, 0.3) is 10.9 Å². The van der Waals surface area contributed by atoms with Crippen molar-refractivity contribution in [3.63, 3.8) is 0 Å². The third kappa shape index (κ3) is 3.12. The number of carbonyl (C=O) groups excluding carboxylic acids is 1. The number of amides is 1. The first kappa shape index (κ1) is 15.7. The molecule has 0 fully saturated rings. The number of para-hydroxylation sites is 2. The predicted octanol–water partition coefficient (Wildman–Crippen LogP) is 2.16. The molecule has 6 heteroatoms. The van der Waals surface area contributed by atoms with Crippen molar-refractivity contribution < 1.29 is 9.53 Å². The van der Waals surface area contributed by atoms with Crippen LogP contribution in [0.1, 0.15) is 11.4 Å². The van der Waals surface area contributed by atoms with Gasteiger partial charge in [-0.05, 0) is 37.6 Å². The Labute approximate surface area is 138 Å². The van der Waals surface area contributed by atoms with E-state index in [1.165, 1.54) is 0 Å². The molecule has 122 valence electrons. The molecule has 3 rings (SSSR count). The second-order valence-electron chi connectivity index (χ2n) is 5.41. The van der Waals surface area contributed by atoms with Gasteiger partial charge in [0.2, 0.25) is 0 Å². The fourth-order valence-electron chi connectivity index (χ4n) is 2.39. The Bertz CT molecular complexity index is 963. The summed E-state index contributed by atoms with van der Waals surface area (Å²) in [5, 5.41) is 0.447. The van der Waals surface area contributed by atoms with Crippen LogP contribution in [0.3, 0.4) is 0 Å². The lowest BCUT2D eigenvalue weighted by Crippen LogP contribution is -2.37. The van der Waals surface area contributed by atoms with Crippen molar-refractivity contribution in [3.05, 3.63) is 70.3 Å². The van der Waals surface area contributed by atoms with Crippen LogP contribution in [-0.4, -0.2) is 22.2 Å². The molecule has 24 heavy (non-hydrogen) atoms. The Kier molecular flexibility index (Phi) is 4.29. The van der Waals surface area contributed by atoms with Gasteiger partial charge >= 0.3 is 0 Å². The first-order valence-electron chi connectivity index (χ1n) is 7.53. The van der Waals surface area contributed by atoms with Crippen LogP contribution < -0.4 is 15.7 Å². The Hall–Kier alpha value is -3.15. The minimum atomic E-state index is -0.430. The van der Waals surface area contributed by atoms with Gasteiger partial charge < -0.3 is 4.74 Å². The molecule has 1 aromatic heterocycles. The summed E-state index contributed by atoms with van der Waals surface area (Å²) in [6, 6.07) is 14.4. The summed E-state index contributed by atoms with van der Waals surface area (Å²) in [5.74, 6) is 0.608. The lowest BCUT2D eigenvalue weighted by atomic mass is 10.2. The summed E-state index contributed by atoms with van der Waals surface area (Å²) in [6.07, 6.45) is 0. The normalized spacial score (nSPS) is 10.6. The zero-order valence-electron chi connectivity index (χ0n) is 13.4. The molecule has 1 heterocycles. The van der Waals surface area contributed by atoms with Gasteiger partial charge in [0.1, 0.15) is 11.6 Å². The topological polar surface area (TPSA) is 73.2 Å². The van der Waals surface area contributed by atoms with Crippen LogP contribution in [0.2, 0.25) is 0 Å². The van der Waals surface area contributed by atoms with Crippen molar-refractivity contribution in [2.45, 2.75) is 13.8 Å². The predicted molar refractivity (Wildman–Crippen MR) is 91.8 cm³/mol. The molecule has 0 spiro atoms. The summed E-state index contributed by atoms with van der Waals surface area (Å²) in [6.45, 7) is 3.37. The molecule has 0 bridgehead atoms. The second kappa shape index (κ2) is 6.54. The van der Waals surface area contributed by atoms with Gasteiger partial charge in [-0.1, -0.05) is 30.3 Å². The average molecular weight is 323 g/mol. The SMILES string of the molecule is Cc1ccccc1OCC(=O)Nn1c(C)nc2ccccc2c1=O. The second-order valence-corrected chi connectivity index (χ2v) is 5.41. The number of ether oxygens (including phenoxy) is 1. The van der Waals surface area contributed by atoms with Crippen molar-refractivity contribution in [1.82, 2.24) is 9.66 Å². The molecule has 0 atom stereocenters. The summed E-state index contributed by atoms with van der Waals surface area (Å²) in [7, 11) is 0. The number of benzene rings is 2. The molecule has 2 aromatic carbocycles. The number of hydrogen-bond donors (Lipinski definition) is 1. The fourth-order valence-corrected chi connectivity index (χ4v) is 2.39. The summed E-state index contributed by atoms with van der Waals surface area (Å²) < 4.78 is 6.63. The molecule has 0 unspecified atom stereocenters. The zero-order chi connectivity index (χ0) is 17.1. The first-order valence-corrected chi connectivity index (χ1v) is 7.53. The molecule has 1 N–H and O–H groups in total. The smallest absolute Gasteiger partial charge is 0.280 e. The van der Waals surface area contributed by atoms with Gasteiger partial charge in [0, 0.05) is 0 Å². The number of hydrogen-bond acceptors (Lipinski definition) is 4. The number of aryl methyl sites for hydroxylation is 2. The van der Waals surface area contributed by atoms with E-state index in [0.717, 1.165) is 10.2 Å². The molecule has 0 saturated carbocycles. The minimum absolute atomic E-state index is 0.191. The number of aromatic nitrogens is 2. The Morgan fingerprint density at radius 2 is 1.83 bits per heavy atom. The molecule has 0 aliphatic carbocycles.